The van der Waals surface area contributed by atoms with Crippen molar-refractivity contribution in [2.24, 2.45) is 5.92 Å². The lowest BCUT2D eigenvalue weighted by Crippen LogP contribution is -2.34. The Kier molecular flexibility index (Phi) is 5.17. The Balaban J connectivity index is 2.03. The second kappa shape index (κ2) is 6.68. The predicted molar refractivity (Wildman–Crippen MR) is 80.4 cm³/mol. The molecule has 0 aromatic heterocycles. The van der Waals surface area contributed by atoms with Crippen molar-refractivity contribution in [2.45, 2.75) is 52.2 Å². The van der Waals surface area contributed by atoms with Gasteiger partial charge in [0.25, 0.3) is 0 Å². The maximum Gasteiger partial charge on any atom is 0.128 e. The van der Waals surface area contributed by atoms with Gasteiger partial charge in [0.15, 0.2) is 0 Å². The normalized spacial score (nSPS) is 23.4. The lowest BCUT2D eigenvalue weighted by Gasteiger charge is -2.37. The molecule has 2 nitrogen and oxygen atoms in total. The monoisotopic (exact) mass is 279 g/mol. The Morgan fingerprint density at radius 2 is 2.05 bits per heavy atom. The summed E-state index contributed by atoms with van der Waals surface area (Å²) < 4.78 is 19.9. The molecule has 1 fully saturated rings. The first kappa shape index (κ1) is 15.5. The molecule has 1 aliphatic rings. The molecule has 112 valence electrons. The first-order valence-corrected chi connectivity index (χ1v) is 7.60. The van der Waals surface area contributed by atoms with Gasteiger partial charge in [0.1, 0.15) is 5.82 Å². The summed E-state index contributed by atoms with van der Waals surface area (Å²) in [5.74, 6) is 0.562. The van der Waals surface area contributed by atoms with Crippen molar-refractivity contribution < 1.29 is 9.13 Å². The van der Waals surface area contributed by atoms with Crippen LogP contribution in [0.5, 0.6) is 0 Å². The lowest BCUT2D eigenvalue weighted by molar-refractivity contribution is -0.0290. The van der Waals surface area contributed by atoms with Crippen LogP contribution in [-0.4, -0.2) is 19.8 Å². The van der Waals surface area contributed by atoms with E-state index >= 15 is 0 Å². The highest BCUT2D eigenvalue weighted by Crippen LogP contribution is 2.38. The minimum Gasteiger partial charge on any atom is -0.378 e. The fourth-order valence-electron chi connectivity index (χ4n) is 3.32. The van der Waals surface area contributed by atoms with Crippen LogP contribution >= 0.6 is 0 Å². The molecule has 0 aliphatic heterocycles. The second-order valence-corrected chi connectivity index (χ2v) is 5.97. The minimum atomic E-state index is -0.0810. The quantitative estimate of drug-likeness (QED) is 0.852. The van der Waals surface area contributed by atoms with E-state index < -0.39 is 0 Å². The Hall–Kier alpha value is -0.930. The van der Waals surface area contributed by atoms with Crippen molar-refractivity contribution in [3.63, 3.8) is 0 Å². The van der Waals surface area contributed by atoms with Crippen LogP contribution in [0.1, 0.15) is 48.9 Å². The molecule has 0 heterocycles. The average molecular weight is 279 g/mol. The van der Waals surface area contributed by atoms with Gasteiger partial charge in [-0.1, -0.05) is 6.07 Å². The molecule has 0 radical (unpaired) electrons. The molecule has 3 heteroatoms. The highest BCUT2D eigenvalue weighted by atomic mass is 19.1. The molecule has 0 spiro atoms. The smallest absolute Gasteiger partial charge is 0.128 e. The van der Waals surface area contributed by atoms with E-state index in [0.29, 0.717) is 12.0 Å². The molecule has 1 saturated carbocycles. The predicted octanol–water partition coefficient (Wildman–Crippen LogP) is 3.91. The molecular weight excluding hydrogens is 253 g/mol. The van der Waals surface area contributed by atoms with Gasteiger partial charge in [-0.3, -0.25) is 0 Å². The third-order valence-corrected chi connectivity index (χ3v) is 4.34. The molecule has 1 aromatic rings. The highest BCUT2D eigenvalue weighted by Gasteiger charge is 2.32. The molecule has 1 N–H and O–H groups in total. The van der Waals surface area contributed by atoms with Crippen LogP contribution in [0.15, 0.2) is 12.1 Å². The van der Waals surface area contributed by atoms with Crippen LogP contribution in [0.4, 0.5) is 4.39 Å². The van der Waals surface area contributed by atoms with Crippen molar-refractivity contribution in [2.75, 3.05) is 13.7 Å². The van der Waals surface area contributed by atoms with Crippen LogP contribution in [0.25, 0.3) is 0 Å². The van der Waals surface area contributed by atoms with E-state index in [1.807, 2.05) is 27.8 Å². The third kappa shape index (κ3) is 3.39. The number of ether oxygens (including phenoxy) is 1. The van der Waals surface area contributed by atoms with E-state index in [1.54, 1.807) is 6.07 Å². The summed E-state index contributed by atoms with van der Waals surface area (Å²) in [6.45, 7) is 6.76. The lowest BCUT2D eigenvalue weighted by atomic mass is 9.76. The molecular formula is C17H26FNO. The van der Waals surface area contributed by atoms with Gasteiger partial charge in [-0.25, -0.2) is 4.39 Å². The number of hydrogen-bond acceptors (Lipinski definition) is 2. The Labute approximate surface area is 121 Å². The van der Waals surface area contributed by atoms with Crippen LogP contribution < -0.4 is 5.32 Å². The molecule has 0 amide bonds. The van der Waals surface area contributed by atoms with Gasteiger partial charge in [-0.05, 0) is 70.2 Å². The standard InChI is InChI=1S/C17H26FNO/c1-5-20-14-8-13(9-14)10-16(19-4)17-12(3)6-11(2)7-15(17)18/h6-7,13-14,16,19H,5,8-10H2,1-4H3. The first-order chi connectivity index (χ1) is 9.55. The number of hydrogen-bond donors (Lipinski definition) is 1. The van der Waals surface area contributed by atoms with E-state index in [2.05, 4.69) is 11.4 Å². The molecule has 1 atom stereocenters. The minimum absolute atomic E-state index is 0.0810. The van der Waals surface area contributed by atoms with Crippen molar-refractivity contribution in [1.82, 2.24) is 5.32 Å². The molecule has 2 rings (SSSR count). The summed E-state index contributed by atoms with van der Waals surface area (Å²) in [5, 5.41) is 3.28. The summed E-state index contributed by atoms with van der Waals surface area (Å²) in [6.07, 6.45) is 3.63. The van der Waals surface area contributed by atoms with E-state index in [-0.39, 0.29) is 11.9 Å². The summed E-state index contributed by atoms with van der Waals surface area (Å²) in [6, 6.07) is 3.80. The molecule has 0 saturated heterocycles. The number of rotatable bonds is 6. The number of aryl methyl sites for hydroxylation is 2. The number of nitrogens with one attached hydrogen (secondary N) is 1. The fraction of sp³-hybridized carbons (Fsp3) is 0.647. The number of halogens is 1. The maximum absolute atomic E-state index is 14.3. The SMILES string of the molecule is CCOC1CC(CC(NC)c2c(C)cc(C)cc2F)C1. The molecule has 1 aliphatic carbocycles. The van der Waals surface area contributed by atoms with Crippen LogP contribution in [-0.2, 0) is 4.74 Å². The Morgan fingerprint density at radius 1 is 1.35 bits per heavy atom. The van der Waals surface area contributed by atoms with Gasteiger partial charge < -0.3 is 10.1 Å². The van der Waals surface area contributed by atoms with E-state index in [9.17, 15) is 4.39 Å². The summed E-state index contributed by atoms with van der Waals surface area (Å²) in [5.41, 5.74) is 2.86. The van der Waals surface area contributed by atoms with Crippen LogP contribution in [0.2, 0.25) is 0 Å². The highest BCUT2D eigenvalue weighted by molar-refractivity contribution is 5.34. The molecule has 20 heavy (non-hydrogen) atoms. The number of benzene rings is 1. The van der Waals surface area contributed by atoms with E-state index in [1.165, 1.54) is 0 Å². The van der Waals surface area contributed by atoms with Crippen molar-refractivity contribution >= 4 is 0 Å². The van der Waals surface area contributed by atoms with Crippen LogP contribution in [0, 0.1) is 25.6 Å². The van der Waals surface area contributed by atoms with Gasteiger partial charge in [-0.2, -0.15) is 0 Å². The first-order valence-electron chi connectivity index (χ1n) is 7.60. The van der Waals surface area contributed by atoms with Gasteiger partial charge in [0, 0.05) is 18.2 Å². The largest absolute Gasteiger partial charge is 0.378 e. The van der Waals surface area contributed by atoms with Crippen molar-refractivity contribution in [3.8, 4) is 0 Å². The van der Waals surface area contributed by atoms with Gasteiger partial charge >= 0.3 is 0 Å². The zero-order chi connectivity index (χ0) is 14.7. The molecule has 1 aromatic carbocycles. The average Bonchev–Trinajstić information content (AvgIpc) is 2.33. The zero-order valence-corrected chi connectivity index (χ0v) is 13.0. The van der Waals surface area contributed by atoms with Crippen molar-refractivity contribution in [1.29, 1.82) is 0 Å². The summed E-state index contributed by atoms with van der Waals surface area (Å²) in [4.78, 5) is 0. The fourth-order valence-corrected chi connectivity index (χ4v) is 3.32. The topological polar surface area (TPSA) is 21.3 Å². The van der Waals surface area contributed by atoms with E-state index in [0.717, 1.165) is 42.6 Å². The third-order valence-electron chi connectivity index (χ3n) is 4.34. The second-order valence-electron chi connectivity index (χ2n) is 5.97. The van der Waals surface area contributed by atoms with Gasteiger partial charge in [0.2, 0.25) is 0 Å². The van der Waals surface area contributed by atoms with E-state index in [4.69, 9.17) is 4.74 Å². The van der Waals surface area contributed by atoms with Gasteiger partial charge in [-0.15, -0.1) is 0 Å². The molecule has 0 bridgehead atoms. The molecule has 1 unspecified atom stereocenters. The summed E-state index contributed by atoms with van der Waals surface area (Å²) in [7, 11) is 1.92. The van der Waals surface area contributed by atoms with Gasteiger partial charge in [0.05, 0.1) is 6.10 Å². The van der Waals surface area contributed by atoms with Crippen molar-refractivity contribution in [3.05, 3.63) is 34.6 Å². The maximum atomic E-state index is 14.3. The summed E-state index contributed by atoms with van der Waals surface area (Å²) >= 11 is 0. The Bertz CT molecular complexity index is 431. The van der Waals surface area contributed by atoms with Crippen LogP contribution in [0.3, 0.4) is 0 Å². The zero-order valence-electron chi connectivity index (χ0n) is 13.0. The Morgan fingerprint density at radius 3 is 2.60 bits per heavy atom.